The number of β-lactam (4-membered cyclic amide) rings is 1. The first-order chi connectivity index (χ1) is 10.9. The van der Waals surface area contributed by atoms with E-state index in [1.165, 1.54) is 16.7 Å². The Morgan fingerprint density at radius 1 is 1.39 bits per heavy atom. The van der Waals surface area contributed by atoms with E-state index in [4.69, 9.17) is 5.73 Å². The van der Waals surface area contributed by atoms with Crippen LogP contribution in [0.1, 0.15) is 0 Å². The van der Waals surface area contributed by atoms with Crippen molar-refractivity contribution >= 4 is 40.6 Å². The van der Waals surface area contributed by atoms with Crippen LogP contribution in [0.2, 0.25) is 0 Å². The Hall–Kier alpha value is -1.71. The van der Waals surface area contributed by atoms with Gasteiger partial charge in [-0.25, -0.2) is 4.79 Å². The molecule has 3 atom stereocenters. The average Bonchev–Trinajstić information content (AvgIpc) is 2.54. The van der Waals surface area contributed by atoms with E-state index in [1.807, 2.05) is 6.07 Å². The van der Waals surface area contributed by atoms with Crippen molar-refractivity contribution in [2.45, 2.75) is 21.9 Å². The van der Waals surface area contributed by atoms with Gasteiger partial charge in [0.25, 0.3) is 5.24 Å². The topological polar surface area (TPSA) is 113 Å². The number of amides is 2. The molecule has 0 saturated carbocycles. The van der Waals surface area contributed by atoms with Crippen molar-refractivity contribution in [1.82, 2.24) is 10.2 Å². The molecule has 0 aliphatic carbocycles. The van der Waals surface area contributed by atoms with Gasteiger partial charge >= 0.3 is 5.97 Å². The first kappa shape index (κ1) is 16.2. The number of carboxylic acid groups (broad SMARTS) is 1. The van der Waals surface area contributed by atoms with E-state index in [9.17, 15) is 19.5 Å². The SMILES string of the molecule is NC1C(=O)N2CC(NC(=O)Sc3ccccc3)(C(=O)O)CS[C@H]12. The molecule has 2 unspecified atom stereocenters. The van der Waals surface area contributed by atoms with Gasteiger partial charge < -0.3 is 21.1 Å². The third-order valence-corrected chi connectivity index (χ3v) is 6.17. The maximum atomic E-state index is 12.2. The first-order valence-corrected chi connectivity index (χ1v) is 8.76. The average molecular weight is 353 g/mol. The van der Waals surface area contributed by atoms with Gasteiger partial charge in [-0.3, -0.25) is 9.59 Å². The minimum Gasteiger partial charge on any atom is -0.479 e. The monoisotopic (exact) mass is 353 g/mol. The number of thioether (sulfide) groups is 2. The summed E-state index contributed by atoms with van der Waals surface area (Å²) < 4.78 is 0. The highest BCUT2D eigenvalue weighted by Gasteiger charge is 2.56. The van der Waals surface area contributed by atoms with E-state index in [0.717, 1.165) is 11.8 Å². The first-order valence-electron chi connectivity index (χ1n) is 6.89. The predicted octanol–water partition coefficient (Wildman–Crippen LogP) is 0.554. The molecule has 9 heteroatoms. The number of nitrogens with two attached hydrogens (primary N) is 1. The summed E-state index contributed by atoms with van der Waals surface area (Å²) in [6, 6.07) is 8.37. The Morgan fingerprint density at radius 2 is 2.09 bits per heavy atom. The van der Waals surface area contributed by atoms with Crippen LogP contribution in [0, 0.1) is 0 Å². The highest BCUT2D eigenvalue weighted by Crippen LogP contribution is 2.38. The van der Waals surface area contributed by atoms with E-state index >= 15 is 0 Å². The Kier molecular flexibility index (Phi) is 4.26. The number of nitrogens with zero attached hydrogens (tertiary/aromatic N) is 1. The summed E-state index contributed by atoms with van der Waals surface area (Å²) in [4.78, 5) is 37.8. The number of carbonyl (C=O) groups excluding carboxylic acids is 2. The molecule has 0 bridgehead atoms. The predicted molar refractivity (Wildman–Crippen MR) is 87.1 cm³/mol. The third kappa shape index (κ3) is 2.91. The molecule has 2 aliphatic rings. The molecule has 7 nitrogen and oxygen atoms in total. The Bertz CT molecular complexity index is 657. The van der Waals surface area contributed by atoms with Gasteiger partial charge in [-0.05, 0) is 23.9 Å². The number of hydrogen-bond donors (Lipinski definition) is 3. The Morgan fingerprint density at radius 3 is 2.74 bits per heavy atom. The van der Waals surface area contributed by atoms with Crippen molar-refractivity contribution in [3.63, 3.8) is 0 Å². The Labute approximate surface area is 141 Å². The molecule has 0 radical (unpaired) electrons. The summed E-state index contributed by atoms with van der Waals surface area (Å²) in [5, 5.41) is 11.5. The van der Waals surface area contributed by atoms with Crippen LogP contribution in [-0.2, 0) is 9.59 Å². The molecule has 2 fully saturated rings. The van der Waals surface area contributed by atoms with Gasteiger partial charge in [0, 0.05) is 10.6 Å². The van der Waals surface area contributed by atoms with Gasteiger partial charge in [0.15, 0.2) is 5.54 Å². The second-order valence-corrected chi connectivity index (χ2v) is 7.56. The quantitative estimate of drug-likeness (QED) is 0.537. The van der Waals surface area contributed by atoms with Gasteiger partial charge in [-0.1, -0.05) is 18.2 Å². The maximum absolute atomic E-state index is 12.2. The lowest BCUT2D eigenvalue weighted by Crippen LogP contribution is -2.76. The van der Waals surface area contributed by atoms with E-state index in [2.05, 4.69) is 5.32 Å². The van der Waals surface area contributed by atoms with Crippen LogP contribution in [0.15, 0.2) is 35.2 Å². The third-order valence-electron chi connectivity index (χ3n) is 3.83. The lowest BCUT2D eigenvalue weighted by molar-refractivity contribution is -0.152. The summed E-state index contributed by atoms with van der Waals surface area (Å²) in [7, 11) is 0. The van der Waals surface area contributed by atoms with Crippen LogP contribution in [0.4, 0.5) is 4.79 Å². The number of fused-ring (bicyclic) bond motifs is 1. The highest BCUT2D eigenvalue weighted by atomic mass is 32.2. The van der Waals surface area contributed by atoms with Gasteiger partial charge in [0.05, 0.1) is 6.54 Å². The van der Waals surface area contributed by atoms with E-state index in [1.54, 1.807) is 24.3 Å². The van der Waals surface area contributed by atoms with Crippen molar-refractivity contribution < 1.29 is 19.5 Å². The zero-order chi connectivity index (χ0) is 16.6. The second kappa shape index (κ2) is 6.06. The molecule has 23 heavy (non-hydrogen) atoms. The van der Waals surface area contributed by atoms with Gasteiger partial charge in [0.1, 0.15) is 11.4 Å². The van der Waals surface area contributed by atoms with Crippen molar-refractivity contribution in [2.75, 3.05) is 12.3 Å². The standard InChI is InChI=1S/C14H15N3O4S2/c15-9-10(18)17-6-14(12(19)20,7-22-11(9)17)16-13(21)23-8-4-2-1-3-5-8/h1-5,9,11H,6-7,15H2,(H,16,21)(H,19,20)/t9?,11-,14?/m1/s1. The van der Waals surface area contributed by atoms with E-state index in [-0.39, 0.29) is 23.6 Å². The fraction of sp³-hybridized carbons (Fsp3) is 0.357. The van der Waals surface area contributed by atoms with Crippen LogP contribution in [0.5, 0.6) is 0 Å². The summed E-state index contributed by atoms with van der Waals surface area (Å²) in [6.45, 7) is -0.0619. The lowest BCUT2D eigenvalue weighted by Gasteiger charge is -2.52. The van der Waals surface area contributed by atoms with Gasteiger partial charge in [0.2, 0.25) is 5.91 Å². The van der Waals surface area contributed by atoms with Crippen molar-refractivity contribution in [2.24, 2.45) is 5.73 Å². The summed E-state index contributed by atoms with van der Waals surface area (Å²) in [6.07, 6.45) is 0. The molecule has 1 aromatic carbocycles. The molecule has 0 spiro atoms. The molecule has 3 rings (SSSR count). The molecule has 4 N–H and O–H groups in total. The van der Waals surface area contributed by atoms with E-state index < -0.39 is 22.8 Å². The summed E-state index contributed by atoms with van der Waals surface area (Å²) in [5.41, 5.74) is 4.20. The largest absolute Gasteiger partial charge is 0.479 e. The molecule has 2 aliphatic heterocycles. The molecule has 2 heterocycles. The zero-order valence-electron chi connectivity index (χ0n) is 12.0. The highest BCUT2D eigenvalue weighted by molar-refractivity contribution is 8.13. The molecule has 2 saturated heterocycles. The molecule has 122 valence electrons. The number of aliphatic carboxylic acids is 1. The van der Waals surface area contributed by atoms with Crippen molar-refractivity contribution in [3.8, 4) is 0 Å². The Balaban J connectivity index is 1.71. The zero-order valence-corrected chi connectivity index (χ0v) is 13.6. The minimum atomic E-state index is -1.49. The number of nitrogens with one attached hydrogen (secondary N) is 1. The molecule has 1 aromatic rings. The van der Waals surface area contributed by atoms with Gasteiger partial charge in [-0.2, -0.15) is 0 Å². The van der Waals surface area contributed by atoms with Crippen LogP contribution in [-0.4, -0.2) is 56.4 Å². The minimum absolute atomic E-state index is 0.0619. The second-order valence-electron chi connectivity index (χ2n) is 5.41. The molecular weight excluding hydrogens is 338 g/mol. The summed E-state index contributed by atoms with van der Waals surface area (Å²) >= 11 is 2.21. The van der Waals surface area contributed by atoms with Crippen LogP contribution < -0.4 is 11.1 Å². The fourth-order valence-electron chi connectivity index (χ4n) is 2.55. The van der Waals surface area contributed by atoms with Crippen LogP contribution in [0.25, 0.3) is 0 Å². The normalized spacial score (nSPS) is 29.4. The van der Waals surface area contributed by atoms with Crippen LogP contribution >= 0.6 is 23.5 Å². The van der Waals surface area contributed by atoms with Crippen LogP contribution in [0.3, 0.4) is 0 Å². The number of hydrogen-bond acceptors (Lipinski definition) is 6. The number of carboxylic acids is 1. The van der Waals surface area contributed by atoms with E-state index in [0.29, 0.717) is 4.90 Å². The van der Waals surface area contributed by atoms with Crippen molar-refractivity contribution in [1.29, 1.82) is 0 Å². The number of rotatable bonds is 3. The fourth-order valence-corrected chi connectivity index (χ4v) is 4.73. The molecule has 2 amide bonds. The van der Waals surface area contributed by atoms with Gasteiger partial charge in [-0.15, -0.1) is 11.8 Å². The maximum Gasteiger partial charge on any atom is 0.332 e. The molecule has 0 aromatic heterocycles. The smallest absolute Gasteiger partial charge is 0.332 e. The summed E-state index contributed by atoms with van der Waals surface area (Å²) in [5.74, 6) is -1.26. The molecular formula is C14H15N3O4S2. The number of carbonyl (C=O) groups is 3. The van der Waals surface area contributed by atoms with Crippen molar-refractivity contribution in [3.05, 3.63) is 30.3 Å². The number of benzene rings is 1. The lowest BCUT2D eigenvalue weighted by atomic mass is 9.97.